The molecule has 0 saturated heterocycles. The van der Waals surface area contributed by atoms with Crippen LogP contribution in [0.3, 0.4) is 0 Å². The normalized spacial score (nSPS) is 15.6. The number of anilines is 1. The Kier molecular flexibility index (Phi) is 3.49. The van der Waals surface area contributed by atoms with E-state index < -0.39 is 0 Å². The van der Waals surface area contributed by atoms with Gasteiger partial charge in [-0.25, -0.2) is 0 Å². The van der Waals surface area contributed by atoms with E-state index in [0.717, 1.165) is 12.8 Å². The number of nitrogens with two attached hydrogens (primary N) is 1. The van der Waals surface area contributed by atoms with E-state index in [4.69, 9.17) is 15.7 Å². The van der Waals surface area contributed by atoms with Gasteiger partial charge in [0.1, 0.15) is 11.8 Å². The van der Waals surface area contributed by atoms with Gasteiger partial charge in [0.05, 0.1) is 5.41 Å². The summed E-state index contributed by atoms with van der Waals surface area (Å²) < 4.78 is 5.17. The second-order valence-corrected chi connectivity index (χ2v) is 4.41. The minimum Gasteiger partial charge on any atom is -0.479 e. The second-order valence-electron chi connectivity index (χ2n) is 4.41. The Morgan fingerprint density at radius 1 is 1.56 bits per heavy atom. The molecular formula is C13H15N3O2. The number of nitrogens with zero attached hydrogens (tertiary/aromatic N) is 1. The van der Waals surface area contributed by atoms with Gasteiger partial charge >= 0.3 is 0 Å². The van der Waals surface area contributed by atoms with Gasteiger partial charge in [0.2, 0.25) is 5.91 Å². The summed E-state index contributed by atoms with van der Waals surface area (Å²) in [4.78, 5) is 12.0. The molecule has 18 heavy (non-hydrogen) atoms. The Morgan fingerprint density at radius 2 is 2.33 bits per heavy atom. The van der Waals surface area contributed by atoms with Gasteiger partial charge in [-0.05, 0) is 25.0 Å². The van der Waals surface area contributed by atoms with Crippen LogP contribution in [0.25, 0.3) is 0 Å². The first kappa shape index (κ1) is 12.4. The van der Waals surface area contributed by atoms with Gasteiger partial charge < -0.3 is 15.8 Å². The fourth-order valence-corrected chi connectivity index (χ4v) is 1.72. The monoisotopic (exact) mass is 245 g/mol. The lowest BCUT2D eigenvalue weighted by atomic mass is 10.1. The van der Waals surface area contributed by atoms with Crippen LogP contribution in [0.1, 0.15) is 12.8 Å². The average Bonchev–Trinajstić information content (AvgIpc) is 3.18. The van der Waals surface area contributed by atoms with Crippen molar-refractivity contribution in [1.29, 1.82) is 5.26 Å². The number of ether oxygens (including phenoxy) is 1. The third kappa shape index (κ3) is 2.60. The van der Waals surface area contributed by atoms with Crippen LogP contribution in [-0.4, -0.2) is 19.1 Å². The smallest absolute Gasteiger partial charge is 0.231 e. The number of carbonyl (C=O) groups excluding carboxylic acids is 1. The van der Waals surface area contributed by atoms with E-state index in [0.29, 0.717) is 18.0 Å². The Morgan fingerprint density at radius 3 is 2.94 bits per heavy atom. The van der Waals surface area contributed by atoms with E-state index in [-0.39, 0.29) is 17.9 Å². The molecule has 0 bridgehead atoms. The highest BCUT2D eigenvalue weighted by Gasteiger charge is 2.48. The lowest BCUT2D eigenvalue weighted by molar-refractivity contribution is -0.120. The molecule has 0 unspecified atom stereocenters. The van der Waals surface area contributed by atoms with E-state index in [1.54, 1.807) is 24.3 Å². The lowest BCUT2D eigenvalue weighted by Crippen LogP contribution is -2.30. The molecule has 1 saturated carbocycles. The summed E-state index contributed by atoms with van der Waals surface area (Å²) in [7, 11) is 0. The summed E-state index contributed by atoms with van der Waals surface area (Å²) in [6.07, 6.45) is 1.69. The van der Waals surface area contributed by atoms with E-state index in [1.165, 1.54) is 0 Å². The minimum atomic E-state index is -0.372. The van der Waals surface area contributed by atoms with Crippen LogP contribution in [0.4, 0.5) is 5.69 Å². The Hall–Kier alpha value is -2.06. The van der Waals surface area contributed by atoms with Crippen molar-refractivity contribution in [2.75, 3.05) is 18.5 Å². The third-order valence-corrected chi connectivity index (χ3v) is 3.12. The zero-order valence-corrected chi connectivity index (χ0v) is 9.98. The quantitative estimate of drug-likeness (QED) is 0.817. The van der Waals surface area contributed by atoms with Crippen molar-refractivity contribution in [2.24, 2.45) is 11.1 Å². The molecule has 5 heteroatoms. The molecule has 1 aromatic carbocycles. The molecule has 0 heterocycles. The van der Waals surface area contributed by atoms with E-state index in [1.807, 2.05) is 6.07 Å². The second kappa shape index (κ2) is 5.07. The topological polar surface area (TPSA) is 88.1 Å². The number of nitrogens with one attached hydrogen (secondary N) is 1. The van der Waals surface area contributed by atoms with Gasteiger partial charge in [-0.2, -0.15) is 5.26 Å². The van der Waals surface area contributed by atoms with Crippen molar-refractivity contribution >= 4 is 11.6 Å². The molecule has 0 aromatic heterocycles. The summed E-state index contributed by atoms with van der Waals surface area (Å²) in [6.45, 7) is 0.369. The summed E-state index contributed by atoms with van der Waals surface area (Å²) in [5, 5.41) is 11.3. The highest BCUT2D eigenvalue weighted by atomic mass is 16.5. The van der Waals surface area contributed by atoms with Crippen molar-refractivity contribution in [1.82, 2.24) is 0 Å². The highest BCUT2D eigenvalue weighted by Crippen LogP contribution is 2.45. The van der Waals surface area contributed by atoms with E-state index in [9.17, 15) is 4.79 Å². The molecule has 1 fully saturated rings. The fourth-order valence-electron chi connectivity index (χ4n) is 1.72. The van der Waals surface area contributed by atoms with E-state index >= 15 is 0 Å². The highest BCUT2D eigenvalue weighted by molar-refractivity contribution is 5.97. The Bertz CT molecular complexity index is 489. The molecule has 0 atom stereocenters. The number of benzene rings is 1. The zero-order chi connectivity index (χ0) is 13.0. The molecule has 0 radical (unpaired) electrons. The van der Waals surface area contributed by atoms with Crippen LogP contribution in [0.15, 0.2) is 24.3 Å². The van der Waals surface area contributed by atoms with Crippen molar-refractivity contribution in [3.63, 3.8) is 0 Å². The van der Waals surface area contributed by atoms with Crippen molar-refractivity contribution in [3.05, 3.63) is 24.3 Å². The molecule has 1 aromatic rings. The molecule has 1 amide bonds. The first-order valence-electron chi connectivity index (χ1n) is 5.81. The van der Waals surface area contributed by atoms with Crippen molar-refractivity contribution in [3.8, 4) is 11.8 Å². The third-order valence-electron chi connectivity index (χ3n) is 3.12. The first-order chi connectivity index (χ1) is 8.70. The number of hydrogen-bond donors (Lipinski definition) is 2. The molecule has 3 N–H and O–H groups in total. The van der Waals surface area contributed by atoms with Crippen LogP contribution in [0, 0.1) is 16.7 Å². The Labute approximate surface area is 106 Å². The summed E-state index contributed by atoms with van der Waals surface area (Å²) in [5.41, 5.74) is 5.89. The molecule has 1 aliphatic carbocycles. The number of amides is 1. The maximum absolute atomic E-state index is 12.0. The van der Waals surface area contributed by atoms with Gasteiger partial charge in [-0.15, -0.1) is 0 Å². The van der Waals surface area contributed by atoms with E-state index in [2.05, 4.69) is 5.32 Å². The fraction of sp³-hybridized carbons (Fsp3) is 0.385. The van der Waals surface area contributed by atoms with Crippen LogP contribution >= 0.6 is 0 Å². The Balaban J connectivity index is 2.01. The van der Waals surface area contributed by atoms with Crippen LogP contribution in [-0.2, 0) is 4.79 Å². The first-order valence-corrected chi connectivity index (χ1v) is 5.81. The number of rotatable bonds is 5. The molecule has 5 nitrogen and oxygen atoms in total. The predicted molar refractivity (Wildman–Crippen MR) is 66.9 cm³/mol. The molecule has 0 spiro atoms. The van der Waals surface area contributed by atoms with Gasteiger partial charge in [0.15, 0.2) is 6.61 Å². The maximum Gasteiger partial charge on any atom is 0.231 e. The molecular weight excluding hydrogens is 230 g/mol. The number of nitriles is 1. The predicted octanol–water partition coefficient (Wildman–Crippen LogP) is 1.27. The van der Waals surface area contributed by atoms with Gasteiger partial charge in [-0.3, -0.25) is 4.79 Å². The molecule has 1 aliphatic rings. The maximum atomic E-state index is 12.0. The SMILES string of the molecule is N#CCOc1cccc(NC(=O)C2(CN)CC2)c1. The zero-order valence-electron chi connectivity index (χ0n) is 9.98. The van der Waals surface area contributed by atoms with Crippen molar-refractivity contribution in [2.45, 2.75) is 12.8 Å². The average molecular weight is 245 g/mol. The minimum absolute atomic E-state index is 0.00978. The molecule has 94 valence electrons. The number of carbonyl (C=O) groups is 1. The largest absolute Gasteiger partial charge is 0.479 e. The van der Waals surface area contributed by atoms with Gasteiger partial charge in [-0.1, -0.05) is 6.07 Å². The van der Waals surface area contributed by atoms with Crippen LogP contribution in [0.2, 0.25) is 0 Å². The summed E-state index contributed by atoms with van der Waals surface area (Å²) in [6, 6.07) is 8.88. The van der Waals surface area contributed by atoms with Gasteiger partial charge in [0.25, 0.3) is 0 Å². The number of hydrogen-bond acceptors (Lipinski definition) is 4. The molecule has 0 aliphatic heterocycles. The molecule has 2 rings (SSSR count). The van der Waals surface area contributed by atoms with Crippen LogP contribution in [0.5, 0.6) is 5.75 Å². The van der Waals surface area contributed by atoms with Crippen LogP contribution < -0.4 is 15.8 Å². The lowest BCUT2D eigenvalue weighted by Gasteiger charge is -2.13. The summed E-state index contributed by atoms with van der Waals surface area (Å²) in [5.74, 6) is 0.523. The standard InChI is InChI=1S/C13H15N3O2/c14-6-7-18-11-3-1-2-10(8-11)16-12(17)13(9-15)4-5-13/h1-3,8H,4-5,7,9,15H2,(H,16,17). The van der Waals surface area contributed by atoms with Gasteiger partial charge in [0, 0.05) is 18.3 Å². The van der Waals surface area contributed by atoms with Crippen molar-refractivity contribution < 1.29 is 9.53 Å². The summed E-state index contributed by atoms with van der Waals surface area (Å²) >= 11 is 0.